The Morgan fingerprint density at radius 1 is 1.11 bits per heavy atom. The quantitative estimate of drug-likeness (QED) is 0.764. The zero-order valence-electron chi connectivity index (χ0n) is 11.1. The summed E-state index contributed by atoms with van der Waals surface area (Å²) in [5.41, 5.74) is 10.8. The van der Waals surface area contributed by atoms with Crippen LogP contribution >= 0.6 is 11.3 Å². The lowest BCUT2D eigenvalue weighted by Gasteiger charge is -2.13. The maximum Gasteiger partial charge on any atom is 0.0823 e. The van der Waals surface area contributed by atoms with E-state index in [1.807, 2.05) is 18.2 Å². The van der Waals surface area contributed by atoms with Crippen molar-refractivity contribution in [3.63, 3.8) is 0 Å². The molecule has 0 aliphatic carbocycles. The fraction of sp³-hybridized carbons (Fsp3) is 0.188. The maximum absolute atomic E-state index is 6.37. The first-order chi connectivity index (χ1) is 9.16. The van der Waals surface area contributed by atoms with Gasteiger partial charge in [0.25, 0.3) is 0 Å². The van der Waals surface area contributed by atoms with Gasteiger partial charge in [-0.05, 0) is 48.6 Å². The molecule has 0 fully saturated rings. The van der Waals surface area contributed by atoms with Gasteiger partial charge in [0.1, 0.15) is 0 Å². The second-order valence-electron chi connectivity index (χ2n) is 4.83. The van der Waals surface area contributed by atoms with Crippen LogP contribution in [0.25, 0.3) is 10.9 Å². The molecule has 0 aliphatic rings. The number of pyridine rings is 1. The summed E-state index contributed by atoms with van der Waals surface area (Å²) in [5.74, 6) is 0. The Morgan fingerprint density at radius 3 is 2.63 bits per heavy atom. The van der Waals surface area contributed by atoms with E-state index in [4.69, 9.17) is 10.7 Å². The Bertz CT molecular complexity index is 730. The number of benzene rings is 1. The first-order valence-electron chi connectivity index (χ1n) is 6.32. The lowest BCUT2D eigenvalue weighted by Crippen LogP contribution is -2.13. The van der Waals surface area contributed by atoms with Crippen LogP contribution < -0.4 is 5.73 Å². The van der Waals surface area contributed by atoms with Crippen LogP contribution in [0.15, 0.2) is 41.8 Å². The van der Waals surface area contributed by atoms with Crippen molar-refractivity contribution in [2.75, 3.05) is 0 Å². The van der Waals surface area contributed by atoms with Gasteiger partial charge in [0.05, 0.1) is 17.3 Å². The Morgan fingerprint density at radius 2 is 1.89 bits per heavy atom. The second kappa shape index (κ2) is 4.76. The number of aromatic nitrogens is 1. The zero-order chi connectivity index (χ0) is 13.4. The lowest BCUT2D eigenvalue weighted by atomic mass is 10.0. The third-order valence-corrected chi connectivity index (χ3v) is 4.55. The molecular formula is C16H16N2S. The van der Waals surface area contributed by atoms with E-state index in [1.54, 1.807) is 11.3 Å². The summed E-state index contributed by atoms with van der Waals surface area (Å²) < 4.78 is 0. The van der Waals surface area contributed by atoms with Gasteiger partial charge in [-0.2, -0.15) is 0 Å². The number of rotatable bonds is 2. The Balaban J connectivity index is 2.13. The molecule has 2 aromatic heterocycles. The molecule has 2 N–H and O–H groups in total. The van der Waals surface area contributed by atoms with Crippen LogP contribution in [-0.4, -0.2) is 4.98 Å². The molecule has 3 aromatic rings. The van der Waals surface area contributed by atoms with Gasteiger partial charge in [0.15, 0.2) is 0 Å². The molecule has 3 rings (SSSR count). The van der Waals surface area contributed by atoms with Crippen molar-refractivity contribution in [2.45, 2.75) is 19.9 Å². The van der Waals surface area contributed by atoms with Gasteiger partial charge in [-0.15, -0.1) is 11.3 Å². The van der Waals surface area contributed by atoms with E-state index >= 15 is 0 Å². The van der Waals surface area contributed by atoms with Crippen LogP contribution in [0.3, 0.4) is 0 Å². The summed E-state index contributed by atoms with van der Waals surface area (Å²) in [5, 5.41) is 3.28. The predicted molar refractivity (Wildman–Crippen MR) is 81.6 cm³/mol. The second-order valence-corrected chi connectivity index (χ2v) is 5.77. The first-order valence-corrected chi connectivity index (χ1v) is 7.20. The molecule has 19 heavy (non-hydrogen) atoms. The van der Waals surface area contributed by atoms with Crippen molar-refractivity contribution in [1.29, 1.82) is 0 Å². The minimum atomic E-state index is -0.136. The summed E-state index contributed by atoms with van der Waals surface area (Å²) in [7, 11) is 0. The SMILES string of the molecule is Cc1ccsc1C(N)c1cc(C)c2ccccc2n1. The molecule has 0 bridgehead atoms. The fourth-order valence-corrected chi connectivity index (χ4v) is 3.31. The summed E-state index contributed by atoms with van der Waals surface area (Å²) >= 11 is 1.70. The number of fused-ring (bicyclic) bond motifs is 1. The number of nitrogens with two attached hydrogens (primary N) is 1. The molecule has 0 radical (unpaired) electrons. The van der Waals surface area contributed by atoms with E-state index in [0.29, 0.717) is 0 Å². The summed E-state index contributed by atoms with van der Waals surface area (Å²) in [4.78, 5) is 5.91. The standard InChI is InChI=1S/C16H16N2S/c1-10-7-8-19-16(10)15(17)14-9-11(2)12-5-3-4-6-13(12)18-14/h3-9,15H,17H2,1-2H3. The molecule has 2 nitrogen and oxygen atoms in total. The van der Waals surface area contributed by atoms with Crippen molar-refractivity contribution in [3.05, 3.63) is 63.5 Å². The zero-order valence-corrected chi connectivity index (χ0v) is 11.9. The van der Waals surface area contributed by atoms with Crippen molar-refractivity contribution >= 4 is 22.2 Å². The highest BCUT2D eigenvalue weighted by Gasteiger charge is 2.15. The smallest absolute Gasteiger partial charge is 0.0823 e. The van der Waals surface area contributed by atoms with Crippen molar-refractivity contribution < 1.29 is 0 Å². The van der Waals surface area contributed by atoms with Crippen molar-refractivity contribution in [1.82, 2.24) is 4.98 Å². The van der Waals surface area contributed by atoms with E-state index in [9.17, 15) is 0 Å². The highest BCUT2D eigenvalue weighted by atomic mass is 32.1. The van der Waals surface area contributed by atoms with Crippen LogP contribution in [0, 0.1) is 13.8 Å². The largest absolute Gasteiger partial charge is 0.318 e. The summed E-state index contributed by atoms with van der Waals surface area (Å²) in [6.07, 6.45) is 0. The topological polar surface area (TPSA) is 38.9 Å². The van der Waals surface area contributed by atoms with E-state index in [0.717, 1.165) is 11.2 Å². The van der Waals surface area contributed by atoms with E-state index in [1.165, 1.54) is 21.4 Å². The molecule has 0 saturated heterocycles. The normalized spacial score (nSPS) is 12.8. The number of hydrogen-bond donors (Lipinski definition) is 1. The molecule has 1 atom stereocenters. The van der Waals surface area contributed by atoms with Crippen LogP contribution in [-0.2, 0) is 0 Å². The lowest BCUT2D eigenvalue weighted by molar-refractivity contribution is 0.846. The fourth-order valence-electron chi connectivity index (χ4n) is 2.37. The molecule has 1 unspecified atom stereocenters. The highest BCUT2D eigenvalue weighted by molar-refractivity contribution is 7.10. The molecule has 0 amide bonds. The van der Waals surface area contributed by atoms with Crippen LogP contribution in [0.4, 0.5) is 0 Å². The molecule has 96 valence electrons. The molecule has 0 spiro atoms. The predicted octanol–water partition coefficient (Wildman–Crippen LogP) is 3.96. The molecule has 0 aliphatic heterocycles. The average Bonchev–Trinajstić information content (AvgIpc) is 2.84. The van der Waals surface area contributed by atoms with Crippen molar-refractivity contribution in [2.24, 2.45) is 5.73 Å². The maximum atomic E-state index is 6.37. The third kappa shape index (κ3) is 2.15. The van der Waals surface area contributed by atoms with Gasteiger partial charge in [-0.25, -0.2) is 0 Å². The minimum Gasteiger partial charge on any atom is -0.318 e. The summed E-state index contributed by atoms with van der Waals surface area (Å²) in [6.45, 7) is 4.21. The Kier molecular flexibility index (Phi) is 3.09. The van der Waals surface area contributed by atoms with Crippen LogP contribution in [0.5, 0.6) is 0 Å². The highest BCUT2D eigenvalue weighted by Crippen LogP contribution is 2.28. The van der Waals surface area contributed by atoms with Crippen molar-refractivity contribution in [3.8, 4) is 0 Å². The van der Waals surface area contributed by atoms with Gasteiger partial charge < -0.3 is 5.73 Å². The van der Waals surface area contributed by atoms with Gasteiger partial charge in [-0.1, -0.05) is 18.2 Å². The number of nitrogens with zero attached hydrogens (tertiary/aromatic N) is 1. The van der Waals surface area contributed by atoms with Gasteiger partial charge in [0, 0.05) is 10.3 Å². The van der Waals surface area contributed by atoms with E-state index < -0.39 is 0 Å². The number of thiophene rings is 1. The Hall–Kier alpha value is -1.71. The number of hydrogen-bond acceptors (Lipinski definition) is 3. The Labute approximate surface area is 116 Å². The molecular weight excluding hydrogens is 252 g/mol. The van der Waals surface area contributed by atoms with E-state index in [-0.39, 0.29) is 6.04 Å². The van der Waals surface area contributed by atoms with Gasteiger partial charge in [0.2, 0.25) is 0 Å². The first kappa shape index (κ1) is 12.3. The number of aryl methyl sites for hydroxylation is 2. The van der Waals surface area contributed by atoms with Crippen LogP contribution in [0.2, 0.25) is 0 Å². The number of para-hydroxylation sites is 1. The summed E-state index contributed by atoms with van der Waals surface area (Å²) in [6, 6.07) is 12.3. The molecule has 0 saturated carbocycles. The van der Waals surface area contributed by atoms with Gasteiger partial charge in [-0.3, -0.25) is 4.98 Å². The molecule has 1 aromatic carbocycles. The van der Waals surface area contributed by atoms with Gasteiger partial charge >= 0.3 is 0 Å². The third-order valence-electron chi connectivity index (χ3n) is 3.45. The van der Waals surface area contributed by atoms with Crippen LogP contribution in [0.1, 0.15) is 27.7 Å². The monoisotopic (exact) mass is 268 g/mol. The average molecular weight is 268 g/mol. The molecule has 2 heterocycles. The minimum absolute atomic E-state index is 0.136. The molecule has 3 heteroatoms. The van der Waals surface area contributed by atoms with E-state index in [2.05, 4.69) is 37.4 Å².